The maximum atomic E-state index is 5.77. The molecule has 1 aromatic carbocycles. The van der Waals surface area contributed by atoms with E-state index in [2.05, 4.69) is 36.1 Å². The summed E-state index contributed by atoms with van der Waals surface area (Å²) < 4.78 is 7.71. The summed E-state index contributed by atoms with van der Waals surface area (Å²) in [5, 5.41) is 4.48. The van der Waals surface area contributed by atoms with Crippen LogP contribution in [0.2, 0.25) is 0 Å². The maximum Gasteiger partial charge on any atom is 0.150 e. The molecule has 0 unspecified atom stereocenters. The third kappa shape index (κ3) is 4.29. The van der Waals surface area contributed by atoms with Crippen molar-refractivity contribution < 1.29 is 4.74 Å². The number of hydrogen-bond acceptors (Lipinski definition) is 4. The van der Waals surface area contributed by atoms with E-state index in [1.807, 2.05) is 16.8 Å². The fraction of sp³-hybridized carbons (Fsp3) is 0.500. The van der Waals surface area contributed by atoms with Crippen LogP contribution in [0.4, 0.5) is 0 Å². The third-order valence-electron chi connectivity index (χ3n) is 3.35. The summed E-state index contributed by atoms with van der Waals surface area (Å²) in [7, 11) is 0. The van der Waals surface area contributed by atoms with Gasteiger partial charge in [0, 0.05) is 12.8 Å². The highest BCUT2D eigenvalue weighted by molar-refractivity contribution is 5.27. The van der Waals surface area contributed by atoms with Crippen molar-refractivity contribution in [1.29, 1.82) is 0 Å². The van der Waals surface area contributed by atoms with Crippen LogP contribution in [0.1, 0.15) is 31.1 Å². The Hall–Kier alpha value is -1.88. The van der Waals surface area contributed by atoms with Crippen molar-refractivity contribution in [3.8, 4) is 5.75 Å². The van der Waals surface area contributed by atoms with E-state index < -0.39 is 0 Å². The summed E-state index contributed by atoms with van der Waals surface area (Å²) >= 11 is 0. The fourth-order valence-electron chi connectivity index (χ4n) is 2.19. The monoisotopic (exact) mass is 288 g/mol. The van der Waals surface area contributed by atoms with E-state index in [9.17, 15) is 0 Å². The summed E-state index contributed by atoms with van der Waals surface area (Å²) in [5.74, 6) is 2.80. The highest BCUT2D eigenvalue weighted by Gasteiger charge is 2.06. The number of benzene rings is 1. The van der Waals surface area contributed by atoms with Crippen LogP contribution in [0.5, 0.6) is 5.75 Å². The first-order valence-electron chi connectivity index (χ1n) is 7.61. The standard InChI is InChI=1S/C16H24N4O/c1-3-15-18-16(4-2)20(19-15)11-12-21-14-7-5-13(6-8-14)9-10-17/h5-8H,3-4,9-12,17H2,1-2H3. The van der Waals surface area contributed by atoms with Crippen molar-refractivity contribution in [2.45, 2.75) is 39.7 Å². The van der Waals surface area contributed by atoms with E-state index >= 15 is 0 Å². The Bertz CT molecular complexity index is 548. The molecule has 0 bridgehead atoms. The molecule has 0 spiro atoms. The predicted octanol–water partition coefficient (Wildman–Crippen LogP) is 1.98. The number of aryl methyl sites for hydroxylation is 2. The van der Waals surface area contributed by atoms with E-state index in [1.165, 1.54) is 5.56 Å². The van der Waals surface area contributed by atoms with E-state index in [-0.39, 0.29) is 0 Å². The lowest BCUT2D eigenvalue weighted by Crippen LogP contribution is -2.12. The van der Waals surface area contributed by atoms with Crippen molar-refractivity contribution in [3.63, 3.8) is 0 Å². The van der Waals surface area contributed by atoms with Crippen LogP contribution in [-0.2, 0) is 25.8 Å². The Kier molecular flexibility index (Phi) is 5.75. The van der Waals surface area contributed by atoms with Crippen molar-refractivity contribution in [2.75, 3.05) is 13.2 Å². The number of nitrogens with zero attached hydrogens (tertiary/aromatic N) is 3. The largest absolute Gasteiger partial charge is 0.492 e. The van der Waals surface area contributed by atoms with Crippen LogP contribution in [0.3, 0.4) is 0 Å². The van der Waals surface area contributed by atoms with Gasteiger partial charge in [-0.05, 0) is 30.7 Å². The molecule has 0 saturated heterocycles. The van der Waals surface area contributed by atoms with Gasteiger partial charge in [0.1, 0.15) is 18.2 Å². The Morgan fingerprint density at radius 1 is 1.14 bits per heavy atom. The number of hydrogen-bond donors (Lipinski definition) is 1. The minimum atomic E-state index is 0.593. The minimum Gasteiger partial charge on any atom is -0.492 e. The molecule has 2 N–H and O–H groups in total. The molecule has 0 aliphatic carbocycles. The second-order valence-electron chi connectivity index (χ2n) is 4.91. The molecule has 0 amide bonds. The average molecular weight is 288 g/mol. The second kappa shape index (κ2) is 7.78. The molecule has 0 fully saturated rings. The van der Waals surface area contributed by atoms with E-state index in [1.54, 1.807) is 0 Å². The normalized spacial score (nSPS) is 10.8. The minimum absolute atomic E-state index is 0.593. The smallest absolute Gasteiger partial charge is 0.150 e. The van der Waals surface area contributed by atoms with Gasteiger partial charge in [0.15, 0.2) is 5.82 Å². The summed E-state index contributed by atoms with van der Waals surface area (Å²) in [6, 6.07) is 8.10. The Labute approximate surface area is 126 Å². The fourth-order valence-corrected chi connectivity index (χ4v) is 2.19. The number of ether oxygens (including phenoxy) is 1. The molecule has 0 radical (unpaired) electrons. The first-order valence-corrected chi connectivity index (χ1v) is 7.61. The molecule has 2 rings (SSSR count). The highest BCUT2D eigenvalue weighted by atomic mass is 16.5. The summed E-state index contributed by atoms with van der Waals surface area (Å²) in [6.07, 6.45) is 2.66. The van der Waals surface area contributed by atoms with Crippen LogP contribution in [0.25, 0.3) is 0 Å². The van der Waals surface area contributed by atoms with Gasteiger partial charge in [-0.1, -0.05) is 26.0 Å². The molecular formula is C16H24N4O. The molecule has 2 aromatic rings. The van der Waals surface area contributed by atoms with Gasteiger partial charge < -0.3 is 10.5 Å². The molecule has 0 saturated carbocycles. The summed E-state index contributed by atoms with van der Waals surface area (Å²) in [4.78, 5) is 4.49. The van der Waals surface area contributed by atoms with Crippen LogP contribution in [0, 0.1) is 0 Å². The molecule has 0 atom stereocenters. The van der Waals surface area contributed by atoms with Crippen LogP contribution in [-0.4, -0.2) is 27.9 Å². The van der Waals surface area contributed by atoms with Gasteiger partial charge in [0.2, 0.25) is 0 Å². The van der Waals surface area contributed by atoms with E-state index in [4.69, 9.17) is 10.5 Å². The predicted molar refractivity (Wildman–Crippen MR) is 83.5 cm³/mol. The zero-order valence-electron chi connectivity index (χ0n) is 12.9. The van der Waals surface area contributed by atoms with Gasteiger partial charge in [-0.3, -0.25) is 0 Å². The lowest BCUT2D eigenvalue weighted by Gasteiger charge is -2.08. The van der Waals surface area contributed by atoms with Crippen molar-refractivity contribution >= 4 is 0 Å². The van der Waals surface area contributed by atoms with Gasteiger partial charge in [-0.2, -0.15) is 5.10 Å². The topological polar surface area (TPSA) is 66.0 Å². The van der Waals surface area contributed by atoms with Gasteiger partial charge in [0.05, 0.1) is 6.54 Å². The lowest BCUT2D eigenvalue weighted by atomic mass is 10.1. The van der Waals surface area contributed by atoms with Crippen molar-refractivity contribution in [1.82, 2.24) is 14.8 Å². The Morgan fingerprint density at radius 2 is 1.90 bits per heavy atom. The zero-order valence-corrected chi connectivity index (χ0v) is 12.9. The van der Waals surface area contributed by atoms with Gasteiger partial charge >= 0.3 is 0 Å². The molecule has 5 heteroatoms. The molecular weight excluding hydrogens is 264 g/mol. The second-order valence-corrected chi connectivity index (χ2v) is 4.91. The molecule has 1 aromatic heterocycles. The summed E-state index contributed by atoms with van der Waals surface area (Å²) in [5.41, 5.74) is 6.78. The molecule has 5 nitrogen and oxygen atoms in total. The zero-order chi connectivity index (χ0) is 15.1. The third-order valence-corrected chi connectivity index (χ3v) is 3.35. The van der Waals surface area contributed by atoms with Crippen LogP contribution < -0.4 is 10.5 Å². The first-order chi connectivity index (χ1) is 10.3. The van der Waals surface area contributed by atoms with Gasteiger partial charge in [-0.25, -0.2) is 9.67 Å². The van der Waals surface area contributed by atoms with Crippen molar-refractivity contribution in [3.05, 3.63) is 41.5 Å². The lowest BCUT2D eigenvalue weighted by molar-refractivity contribution is 0.288. The number of rotatable bonds is 8. The molecule has 0 aliphatic rings. The number of aromatic nitrogens is 3. The van der Waals surface area contributed by atoms with E-state index in [0.29, 0.717) is 13.2 Å². The van der Waals surface area contributed by atoms with Gasteiger partial charge in [-0.15, -0.1) is 0 Å². The van der Waals surface area contributed by atoms with Crippen molar-refractivity contribution in [2.24, 2.45) is 5.73 Å². The van der Waals surface area contributed by atoms with Crippen LogP contribution >= 0.6 is 0 Å². The average Bonchev–Trinajstić information content (AvgIpc) is 2.92. The van der Waals surface area contributed by atoms with Gasteiger partial charge in [0.25, 0.3) is 0 Å². The van der Waals surface area contributed by atoms with E-state index in [0.717, 1.165) is 43.2 Å². The number of nitrogens with two attached hydrogens (primary N) is 1. The van der Waals surface area contributed by atoms with Crippen LogP contribution in [0.15, 0.2) is 24.3 Å². The molecule has 1 heterocycles. The maximum absolute atomic E-state index is 5.77. The summed E-state index contributed by atoms with van der Waals surface area (Å²) in [6.45, 7) is 6.15. The Balaban J connectivity index is 1.87. The molecule has 114 valence electrons. The molecule has 0 aliphatic heterocycles. The SMILES string of the molecule is CCc1nc(CC)n(CCOc2ccc(CCN)cc2)n1. The quantitative estimate of drug-likeness (QED) is 0.806. The first kappa shape index (κ1) is 15.5. The Morgan fingerprint density at radius 3 is 2.52 bits per heavy atom. The molecule has 21 heavy (non-hydrogen) atoms. The highest BCUT2D eigenvalue weighted by Crippen LogP contribution is 2.12.